The van der Waals surface area contributed by atoms with Crippen LogP contribution in [-0.4, -0.2) is 64.7 Å². The minimum Gasteiger partial charge on any atom is -0.394 e. The fourth-order valence-corrected chi connectivity index (χ4v) is 2.93. The molecule has 0 bridgehead atoms. The number of imidazole rings is 1. The number of aromatic nitrogens is 5. The van der Waals surface area contributed by atoms with Gasteiger partial charge in [0.2, 0.25) is 0 Å². The molecule has 4 atom stereocenters. The van der Waals surface area contributed by atoms with Gasteiger partial charge in [0, 0.05) is 18.9 Å². The lowest BCUT2D eigenvalue weighted by atomic mass is 10.1. The largest absolute Gasteiger partial charge is 0.394 e. The van der Waals surface area contributed by atoms with Crippen molar-refractivity contribution >= 4 is 17.0 Å². The van der Waals surface area contributed by atoms with Crippen LogP contribution in [0.15, 0.2) is 31.1 Å². The maximum Gasteiger partial charge on any atom is 0.167 e. The SMILES string of the molecule is OC[C@H]1O[C@@H](n2cnc3c(NCc4cc[nH]c4)ncnc32)C(O)[C@H]1O. The topological polar surface area (TPSA) is 141 Å². The minimum atomic E-state index is -1.19. The highest BCUT2D eigenvalue weighted by Crippen LogP contribution is 2.32. The molecule has 1 aliphatic rings. The molecule has 0 amide bonds. The first-order chi connectivity index (χ1) is 12.2. The molecule has 0 aliphatic carbocycles. The summed E-state index contributed by atoms with van der Waals surface area (Å²) in [4.78, 5) is 15.7. The van der Waals surface area contributed by atoms with Crippen LogP contribution in [0.4, 0.5) is 5.82 Å². The molecule has 1 unspecified atom stereocenters. The van der Waals surface area contributed by atoms with Crippen molar-refractivity contribution in [3.05, 3.63) is 36.7 Å². The highest BCUT2D eigenvalue weighted by atomic mass is 16.6. The van der Waals surface area contributed by atoms with E-state index in [-0.39, 0.29) is 6.61 Å². The molecule has 4 heterocycles. The zero-order chi connectivity index (χ0) is 17.4. The quantitative estimate of drug-likeness (QED) is 0.411. The van der Waals surface area contributed by atoms with E-state index < -0.39 is 24.5 Å². The van der Waals surface area contributed by atoms with Crippen LogP contribution < -0.4 is 5.32 Å². The number of fused-ring (bicyclic) bond motifs is 1. The van der Waals surface area contributed by atoms with E-state index in [1.54, 1.807) is 0 Å². The van der Waals surface area contributed by atoms with E-state index in [0.717, 1.165) is 5.56 Å². The standard InChI is InChI=1S/C15H18N6O4/c22-5-9-11(23)12(24)15(25-9)21-7-20-10-13(18-6-19-14(10)21)17-4-8-1-2-16-3-8/h1-3,6-7,9,11-12,15-16,22-24H,4-5H2,(H,17,18,19)/t9-,11+,12?,15-/m1/s1. The summed E-state index contributed by atoms with van der Waals surface area (Å²) in [5.74, 6) is 0.552. The van der Waals surface area contributed by atoms with Crippen molar-refractivity contribution in [3.8, 4) is 0 Å². The molecular weight excluding hydrogens is 328 g/mol. The van der Waals surface area contributed by atoms with E-state index in [1.165, 1.54) is 17.2 Å². The van der Waals surface area contributed by atoms with Gasteiger partial charge in [-0.15, -0.1) is 0 Å². The molecule has 25 heavy (non-hydrogen) atoms. The van der Waals surface area contributed by atoms with Crippen molar-refractivity contribution in [2.45, 2.75) is 31.1 Å². The van der Waals surface area contributed by atoms with Gasteiger partial charge in [0.25, 0.3) is 0 Å². The van der Waals surface area contributed by atoms with Crippen LogP contribution in [0, 0.1) is 0 Å². The summed E-state index contributed by atoms with van der Waals surface area (Å²) in [6.45, 7) is 0.177. The first kappa shape index (κ1) is 16.0. The van der Waals surface area contributed by atoms with Crippen LogP contribution >= 0.6 is 0 Å². The Bertz CT molecular complexity index is 851. The van der Waals surface area contributed by atoms with E-state index in [0.29, 0.717) is 23.5 Å². The van der Waals surface area contributed by atoms with Gasteiger partial charge in [-0.3, -0.25) is 4.57 Å². The number of hydrogen-bond donors (Lipinski definition) is 5. The summed E-state index contributed by atoms with van der Waals surface area (Å²) in [5.41, 5.74) is 2.05. The van der Waals surface area contributed by atoms with Gasteiger partial charge in [-0.05, 0) is 11.6 Å². The molecule has 1 fully saturated rings. The summed E-state index contributed by atoms with van der Waals surface area (Å²) >= 11 is 0. The lowest BCUT2D eigenvalue weighted by molar-refractivity contribution is -0.0511. The molecule has 1 saturated heterocycles. The normalized spacial score (nSPS) is 26.4. The lowest BCUT2D eigenvalue weighted by Gasteiger charge is -2.16. The Labute approximate surface area is 142 Å². The van der Waals surface area contributed by atoms with Crippen LogP contribution in [0.1, 0.15) is 11.8 Å². The summed E-state index contributed by atoms with van der Waals surface area (Å²) < 4.78 is 7.06. The third-order valence-corrected chi connectivity index (χ3v) is 4.27. The summed E-state index contributed by atoms with van der Waals surface area (Å²) in [5, 5.41) is 32.5. The van der Waals surface area contributed by atoms with E-state index in [2.05, 4.69) is 25.3 Å². The van der Waals surface area contributed by atoms with Gasteiger partial charge in [-0.25, -0.2) is 15.0 Å². The maximum absolute atomic E-state index is 10.2. The van der Waals surface area contributed by atoms with E-state index in [1.807, 2.05) is 18.5 Å². The molecule has 5 N–H and O–H groups in total. The zero-order valence-electron chi connectivity index (χ0n) is 13.1. The van der Waals surface area contributed by atoms with Crippen molar-refractivity contribution in [2.75, 3.05) is 11.9 Å². The number of aliphatic hydroxyl groups is 3. The lowest BCUT2D eigenvalue weighted by Crippen LogP contribution is -2.33. The Morgan fingerprint density at radius 1 is 1.24 bits per heavy atom. The molecule has 10 nitrogen and oxygen atoms in total. The molecule has 4 rings (SSSR count). The van der Waals surface area contributed by atoms with E-state index in [9.17, 15) is 15.3 Å². The molecule has 0 spiro atoms. The highest BCUT2D eigenvalue weighted by Gasteiger charge is 2.44. The number of ether oxygens (including phenoxy) is 1. The van der Waals surface area contributed by atoms with Gasteiger partial charge >= 0.3 is 0 Å². The van der Waals surface area contributed by atoms with Gasteiger partial charge in [0.05, 0.1) is 12.9 Å². The first-order valence-electron chi connectivity index (χ1n) is 7.84. The van der Waals surface area contributed by atoms with Gasteiger partial charge in [-0.1, -0.05) is 0 Å². The maximum atomic E-state index is 10.2. The van der Waals surface area contributed by atoms with Crippen LogP contribution in [0.2, 0.25) is 0 Å². The van der Waals surface area contributed by atoms with Crippen molar-refractivity contribution in [1.82, 2.24) is 24.5 Å². The number of nitrogens with one attached hydrogen (secondary N) is 2. The first-order valence-corrected chi connectivity index (χ1v) is 7.84. The Kier molecular flexibility index (Phi) is 4.09. The van der Waals surface area contributed by atoms with Gasteiger partial charge < -0.3 is 30.4 Å². The molecule has 0 radical (unpaired) electrons. The highest BCUT2D eigenvalue weighted by molar-refractivity contribution is 5.82. The predicted octanol–water partition coefficient (Wildman–Crippen LogP) is -0.622. The fourth-order valence-electron chi connectivity index (χ4n) is 2.93. The number of rotatable bonds is 5. The number of anilines is 1. The molecule has 132 valence electrons. The average Bonchev–Trinajstić information content (AvgIpc) is 3.34. The Hall–Kier alpha value is -2.53. The third kappa shape index (κ3) is 2.74. The predicted molar refractivity (Wildman–Crippen MR) is 86.5 cm³/mol. The summed E-state index contributed by atoms with van der Waals surface area (Å²) in [6, 6.07) is 1.95. The third-order valence-electron chi connectivity index (χ3n) is 4.27. The van der Waals surface area contributed by atoms with Crippen LogP contribution in [0.5, 0.6) is 0 Å². The monoisotopic (exact) mass is 346 g/mol. The van der Waals surface area contributed by atoms with Crippen LogP contribution in [-0.2, 0) is 11.3 Å². The molecule has 3 aromatic heterocycles. The summed E-state index contributed by atoms with van der Waals surface area (Å²) in [7, 11) is 0. The smallest absolute Gasteiger partial charge is 0.167 e. The number of nitrogens with zero attached hydrogens (tertiary/aromatic N) is 4. The average molecular weight is 346 g/mol. The second-order valence-electron chi connectivity index (χ2n) is 5.85. The van der Waals surface area contributed by atoms with Crippen molar-refractivity contribution in [2.24, 2.45) is 0 Å². The number of H-pyrrole nitrogens is 1. The zero-order valence-corrected chi connectivity index (χ0v) is 13.1. The Morgan fingerprint density at radius 3 is 2.84 bits per heavy atom. The Morgan fingerprint density at radius 2 is 2.12 bits per heavy atom. The molecule has 0 saturated carbocycles. The Balaban J connectivity index is 1.63. The number of hydrogen-bond acceptors (Lipinski definition) is 8. The van der Waals surface area contributed by atoms with Crippen molar-refractivity contribution in [3.63, 3.8) is 0 Å². The van der Waals surface area contributed by atoms with E-state index >= 15 is 0 Å². The van der Waals surface area contributed by atoms with Gasteiger partial charge in [0.1, 0.15) is 24.6 Å². The summed E-state index contributed by atoms with van der Waals surface area (Å²) in [6.07, 6.45) is 2.46. The van der Waals surface area contributed by atoms with E-state index in [4.69, 9.17) is 4.74 Å². The van der Waals surface area contributed by atoms with Crippen LogP contribution in [0.25, 0.3) is 11.2 Å². The second kappa shape index (κ2) is 6.41. The van der Waals surface area contributed by atoms with Crippen molar-refractivity contribution in [1.29, 1.82) is 0 Å². The molecule has 3 aromatic rings. The molecular formula is C15H18N6O4. The molecule has 1 aliphatic heterocycles. The van der Waals surface area contributed by atoms with Crippen molar-refractivity contribution < 1.29 is 20.1 Å². The van der Waals surface area contributed by atoms with Gasteiger partial charge in [-0.2, -0.15) is 0 Å². The molecule has 0 aromatic carbocycles. The minimum absolute atomic E-state index is 0.389. The fraction of sp³-hybridized carbons (Fsp3) is 0.400. The van der Waals surface area contributed by atoms with Crippen LogP contribution in [0.3, 0.4) is 0 Å². The number of aliphatic hydroxyl groups excluding tert-OH is 3. The second-order valence-corrected chi connectivity index (χ2v) is 5.85. The molecule has 10 heteroatoms. The number of aromatic amines is 1. The van der Waals surface area contributed by atoms with Gasteiger partial charge in [0.15, 0.2) is 23.2 Å².